The molecule has 0 atom stereocenters. The van der Waals surface area contributed by atoms with Crippen LogP contribution in [0.1, 0.15) is 28.1 Å². The van der Waals surface area contributed by atoms with Gasteiger partial charge in [-0.3, -0.25) is 4.68 Å². The van der Waals surface area contributed by atoms with Gasteiger partial charge < -0.3 is 0 Å². The van der Waals surface area contributed by atoms with E-state index >= 15 is 0 Å². The topological polar surface area (TPSA) is 76.3 Å². The van der Waals surface area contributed by atoms with Crippen molar-refractivity contribution in [2.75, 3.05) is 0 Å². The number of benzene rings is 2. The van der Waals surface area contributed by atoms with Gasteiger partial charge in [0, 0.05) is 16.3 Å². The molecule has 1 N–H and O–H groups in total. The molecular formula is C20H21ClN4O2S. The van der Waals surface area contributed by atoms with Gasteiger partial charge in [0.15, 0.2) is 0 Å². The molecular weight excluding hydrogens is 396 g/mol. The third kappa shape index (κ3) is 4.43. The zero-order valence-electron chi connectivity index (χ0n) is 15.8. The van der Waals surface area contributed by atoms with Gasteiger partial charge >= 0.3 is 0 Å². The standard InChI is InChI=1S/C20H21ClN4O2S/c1-14-8-10-18(11-9-14)28(26,27)24-22-12-19-15(2)23-25(16(19)3)13-17-6-4-5-7-20(17)21/h4-12,24H,13H2,1-3H3/b22-12-. The molecule has 8 heteroatoms. The van der Waals surface area contributed by atoms with Gasteiger partial charge in [-0.05, 0) is 44.5 Å². The van der Waals surface area contributed by atoms with Crippen LogP contribution in [0, 0.1) is 20.8 Å². The van der Waals surface area contributed by atoms with E-state index in [4.69, 9.17) is 11.6 Å². The number of halogens is 1. The van der Waals surface area contributed by atoms with Gasteiger partial charge in [0.1, 0.15) is 0 Å². The quantitative estimate of drug-likeness (QED) is 0.490. The van der Waals surface area contributed by atoms with Crippen LogP contribution in [0.2, 0.25) is 5.02 Å². The van der Waals surface area contributed by atoms with Crippen LogP contribution < -0.4 is 4.83 Å². The Morgan fingerprint density at radius 3 is 2.46 bits per heavy atom. The molecule has 0 saturated heterocycles. The predicted octanol–water partition coefficient (Wildman–Crippen LogP) is 3.82. The van der Waals surface area contributed by atoms with Crippen LogP contribution in [0.25, 0.3) is 0 Å². The van der Waals surface area contributed by atoms with Gasteiger partial charge in [-0.25, -0.2) is 4.83 Å². The molecule has 0 amide bonds. The maximum atomic E-state index is 12.3. The summed E-state index contributed by atoms with van der Waals surface area (Å²) in [5, 5.41) is 9.13. The molecule has 0 bridgehead atoms. The number of sulfonamides is 1. The van der Waals surface area contributed by atoms with Crippen LogP contribution in [0.3, 0.4) is 0 Å². The van der Waals surface area contributed by atoms with E-state index in [1.165, 1.54) is 6.21 Å². The Morgan fingerprint density at radius 2 is 1.79 bits per heavy atom. The van der Waals surface area contributed by atoms with Gasteiger partial charge in [0.25, 0.3) is 10.0 Å². The summed E-state index contributed by atoms with van der Waals surface area (Å²) >= 11 is 6.23. The first-order chi connectivity index (χ1) is 13.3. The minimum Gasteiger partial charge on any atom is -0.264 e. The summed E-state index contributed by atoms with van der Waals surface area (Å²) < 4.78 is 26.5. The van der Waals surface area contributed by atoms with Crippen LogP contribution in [-0.2, 0) is 16.6 Å². The van der Waals surface area contributed by atoms with Gasteiger partial charge in [0.05, 0.1) is 23.3 Å². The average Bonchev–Trinajstić information content (AvgIpc) is 2.91. The van der Waals surface area contributed by atoms with Crippen LogP contribution in [0.4, 0.5) is 0 Å². The Kier molecular flexibility index (Phi) is 5.86. The van der Waals surface area contributed by atoms with Crippen LogP contribution in [0.15, 0.2) is 58.5 Å². The fraction of sp³-hybridized carbons (Fsp3) is 0.200. The number of nitrogens with one attached hydrogen (secondary N) is 1. The molecule has 0 fully saturated rings. The van der Waals surface area contributed by atoms with E-state index in [0.717, 1.165) is 28.1 Å². The number of hydrogen-bond acceptors (Lipinski definition) is 4. The number of hydrogen-bond donors (Lipinski definition) is 1. The average molecular weight is 417 g/mol. The van der Waals surface area contributed by atoms with Gasteiger partial charge in [-0.1, -0.05) is 47.5 Å². The lowest BCUT2D eigenvalue weighted by molar-refractivity contribution is 0.584. The van der Waals surface area contributed by atoms with Gasteiger partial charge in [-0.2, -0.15) is 18.6 Å². The molecule has 146 valence electrons. The molecule has 3 rings (SSSR count). The first-order valence-corrected chi connectivity index (χ1v) is 10.5. The van der Waals surface area contributed by atoms with Crippen molar-refractivity contribution in [2.24, 2.45) is 5.10 Å². The highest BCUT2D eigenvalue weighted by Gasteiger charge is 2.14. The monoisotopic (exact) mass is 416 g/mol. The normalized spacial score (nSPS) is 11.9. The second-order valence-electron chi connectivity index (χ2n) is 6.50. The highest BCUT2D eigenvalue weighted by atomic mass is 35.5. The zero-order chi connectivity index (χ0) is 20.3. The molecule has 0 aliphatic heterocycles. The summed E-state index contributed by atoms with van der Waals surface area (Å²) in [7, 11) is -3.71. The number of nitrogens with zero attached hydrogens (tertiary/aromatic N) is 3. The van der Waals surface area contributed by atoms with E-state index in [9.17, 15) is 8.42 Å². The Hall–Kier alpha value is -2.64. The van der Waals surface area contributed by atoms with Crippen molar-refractivity contribution < 1.29 is 8.42 Å². The lowest BCUT2D eigenvalue weighted by atomic mass is 10.2. The molecule has 3 aromatic rings. The van der Waals surface area contributed by atoms with E-state index in [2.05, 4.69) is 15.0 Å². The van der Waals surface area contributed by atoms with Gasteiger partial charge in [-0.15, -0.1) is 0 Å². The van der Waals surface area contributed by atoms with Crippen LogP contribution in [-0.4, -0.2) is 24.4 Å². The lowest BCUT2D eigenvalue weighted by Gasteiger charge is -2.06. The van der Waals surface area contributed by atoms with E-state index < -0.39 is 10.0 Å². The lowest BCUT2D eigenvalue weighted by Crippen LogP contribution is -2.18. The molecule has 0 spiro atoms. The summed E-state index contributed by atoms with van der Waals surface area (Å²) in [5.74, 6) is 0. The maximum Gasteiger partial charge on any atom is 0.276 e. The van der Waals surface area contributed by atoms with Crippen molar-refractivity contribution in [3.05, 3.63) is 81.6 Å². The molecule has 2 aromatic carbocycles. The second-order valence-corrected chi connectivity index (χ2v) is 8.57. The number of aromatic nitrogens is 2. The first-order valence-electron chi connectivity index (χ1n) is 8.67. The molecule has 28 heavy (non-hydrogen) atoms. The SMILES string of the molecule is Cc1ccc(S(=O)(=O)N/N=C\c2c(C)nn(Cc3ccccc3Cl)c2C)cc1. The Bertz CT molecular complexity index is 1120. The summed E-state index contributed by atoms with van der Waals surface area (Å²) in [6, 6.07) is 14.2. The molecule has 0 aliphatic rings. The van der Waals surface area contributed by atoms with Crippen LogP contribution in [0.5, 0.6) is 0 Å². The predicted molar refractivity (Wildman–Crippen MR) is 111 cm³/mol. The van der Waals surface area contributed by atoms with E-state index in [-0.39, 0.29) is 4.90 Å². The van der Waals surface area contributed by atoms with Crippen molar-refractivity contribution >= 4 is 27.8 Å². The fourth-order valence-electron chi connectivity index (χ4n) is 2.77. The fourth-order valence-corrected chi connectivity index (χ4v) is 3.76. The molecule has 6 nitrogen and oxygen atoms in total. The van der Waals surface area contributed by atoms with Crippen molar-refractivity contribution in [3.8, 4) is 0 Å². The summed E-state index contributed by atoms with van der Waals surface area (Å²) in [6.07, 6.45) is 1.48. The second kappa shape index (κ2) is 8.16. The Balaban J connectivity index is 1.78. The first kappa shape index (κ1) is 20.1. The highest BCUT2D eigenvalue weighted by Crippen LogP contribution is 2.19. The maximum absolute atomic E-state index is 12.3. The smallest absolute Gasteiger partial charge is 0.264 e. The molecule has 0 unspecified atom stereocenters. The number of aryl methyl sites for hydroxylation is 2. The van der Waals surface area contributed by atoms with Crippen molar-refractivity contribution in [2.45, 2.75) is 32.2 Å². The summed E-state index contributed by atoms with van der Waals surface area (Å²) in [5.41, 5.74) is 4.33. The summed E-state index contributed by atoms with van der Waals surface area (Å²) in [6.45, 7) is 6.18. The van der Waals surface area contributed by atoms with Crippen LogP contribution >= 0.6 is 11.6 Å². The van der Waals surface area contributed by atoms with Crippen molar-refractivity contribution in [1.82, 2.24) is 14.6 Å². The van der Waals surface area contributed by atoms with E-state index in [1.807, 2.05) is 49.7 Å². The van der Waals surface area contributed by atoms with Crippen molar-refractivity contribution in [1.29, 1.82) is 0 Å². The Labute approximate surface area is 169 Å². The minimum atomic E-state index is -3.71. The minimum absolute atomic E-state index is 0.165. The highest BCUT2D eigenvalue weighted by molar-refractivity contribution is 7.89. The third-order valence-corrected chi connectivity index (χ3v) is 6.02. The molecule has 0 radical (unpaired) electrons. The Morgan fingerprint density at radius 1 is 1.11 bits per heavy atom. The summed E-state index contributed by atoms with van der Waals surface area (Å²) in [4.78, 5) is 2.41. The molecule has 0 aliphatic carbocycles. The molecule has 1 heterocycles. The zero-order valence-corrected chi connectivity index (χ0v) is 17.4. The van der Waals surface area contributed by atoms with E-state index in [0.29, 0.717) is 11.6 Å². The molecule has 0 saturated carbocycles. The van der Waals surface area contributed by atoms with E-state index in [1.54, 1.807) is 24.3 Å². The largest absolute Gasteiger partial charge is 0.276 e. The number of hydrazone groups is 1. The third-order valence-electron chi connectivity index (χ3n) is 4.41. The van der Waals surface area contributed by atoms with Crippen molar-refractivity contribution in [3.63, 3.8) is 0 Å². The van der Waals surface area contributed by atoms with Gasteiger partial charge in [0.2, 0.25) is 0 Å². The molecule has 1 aromatic heterocycles. The number of rotatable bonds is 6.